The predicted octanol–water partition coefficient (Wildman–Crippen LogP) is 6.52. The Bertz CT molecular complexity index is 971. The number of H-pyrrole nitrogens is 1. The Morgan fingerprint density at radius 3 is 2.72 bits per heavy atom. The summed E-state index contributed by atoms with van der Waals surface area (Å²) in [5, 5.41) is 2.37. The lowest BCUT2D eigenvalue weighted by atomic mass is 10.1. The Labute approximate surface area is 205 Å². The van der Waals surface area contributed by atoms with E-state index in [0.29, 0.717) is 5.38 Å². The maximum Gasteiger partial charge on any atom is 0.119 e. The SMILES string of the molecule is Clc1ccc2[nH]cc(CCCNSc3ccc(OCCCN4CCC(Cl)CC4)cc3)c2c1. The molecule has 2 N–H and O–H groups in total. The van der Waals surface area contributed by atoms with E-state index < -0.39 is 0 Å². The normalized spacial score (nSPS) is 15.4. The molecular formula is C25H31Cl2N3OS. The molecule has 3 aromatic rings. The Morgan fingerprint density at radius 1 is 1.09 bits per heavy atom. The number of ether oxygens (including phenoxy) is 1. The van der Waals surface area contributed by atoms with Crippen molar-refractivity contribution in [3.8, 4) is 5.75 Å². The number of likely N-dealkylation sites (tertiary alicyclic amines) is 1. The van der Waals surface area contributed by atoms with Crippen LogP contribution in [0.25, 0.3) is 10.9 Å². The van der Waals surface area contributed by atoms with Gasteiger partial charge in [0.15, 0.2) is 0 Å². The minimum absolute atomic E-state index is 0.368. The summed E-state index contributed by atoms with van der Waals surface area (Å²) in [7, 11) is 0. The lowest BCUT2D eigenvalue weighted by molar-refractivity contribution is 0.206. The van der Waals surface area contributed by atoms with Crippen molar-refractivity contribution in [1.82, 2.24) is 14.6 Å². The summed E-state index contributed by atoms with van der Waals surface area (Å²) in [6.45, 7) is 5.02. The second-order valence-electron chi connectivity index (χ2n) is 8.29. The van der Waals surface area contributed by atoms with Gasteiger partial charge in [-0.05, 0) is 105 Å². The average Bonchev–Trinajstić information content (AvgIpc) is 3.20. The van der Waals surface area contributed by atoms with E-state index >= 15 is 0 Å². The van der Waals surface area contributed by atoms with E-state index in [1.807, 2.05) is 18.2 Å². The first-order chi connectivity index (χ1) is 15.7. The summed E-state index contributed by atoms with van der Waals surface area (Å²) in [4.78, 5) is 7.00. The molecule has 172 valence electrons. The molecule has 0 bridgehead atoms. The van der Waals surface area contributed by atoms with Crippen molar-refractivity contribution < 1.29 is 4.74 Å². The van der Waals surface area contributed by atoms with Crippen LogP contribution in [-0.4, -0.2) is 48.0 Å². The average molecular weight is 493 g/mol. The molecule has 0 saturated carbocycles. The number of nitrogens with zero attached hydrogens (tertiary/aromatic N) is 1. The van der Waals surface area contributed by atoms with Crippen LogP contribution in [0.15, 0.2) is 53.6 Å². The molecule has 1 aliphatic heterocycles. The van der Waals surface area contributed by atoms with Crippen LogP contribution in [0.4, 0.5) is 0 Å². The number of hydrogen-bond donors (Lipinski definition) is 2. The number of halogens is 2. The first kappa shape index (κ1) is 23.8. The highest BCUT2D eigenvalue weighted by atomic mass is 35.5. The van der Waals surface area contributed by atoms with Crippen LogP contribution in [0, 0.1) is 0 Å². The van der Waals surface area contributed by atoms with Gasteiger partial charge < -0.3 is 14.6 Å². The maximum atomic E-state index is 6.17. The molecule has 4 nitrogen and oxygen atoms in total. The molecule has 2 aromatic carbocycles. The Balaban J connectivity index is 1.10. The Hall–Kier alpha value is -1.37. The van der Waals surface area contributed by atoms with Crippen molar-refractivity contribution in [2.75, 3.05) is 32.8 Å². The molecule has 0 atom stereocenters. The molecule has 0 amide bonds. The second kappa shape index (κ2) is 12.2. The summed E-state index contributed by atoms with van der Waals surface area (Å²) < 4.78 is 9.37. The number of aromatic amines is 1. The fourth-order valence-electron chi connectivity index (χ4n) is 4.05. The third-order valence-corrected chi connectivity index (χ3v) is 7.40. The zero-order valence-corrected chi connectivity index (χ0v) is 20.6. The van der Waals surface area contributed by atoms with Gasteiger partial charge in [0.1, 0.15) is 5.75 Å². The highest BCUT2D eigenvalue weighted by Gasteiger charge is 2.16. The first-order valence-electron chi connectivity index (χ1n) is 11.4. The molecule has 0 radical (unpaired) electrons. The number of benzene rings is 2. The second-order valence-corrected chi connectivity index (χ2v) is 10.3. The van der Waals surface area contributed by atoms with Crippen LogP contribution in [0.2, 0.25) is 5.02 Å². The van der Waals surface area contributed by atoms with Crippen molar-refractivity contribution in [1.29, 1.82) is 0 Å². The molecule has 1 fully saturated rings. The van der Waals surface area contributed by atoms with Gasteiger partial charge in [0.05, 0.1) is 6.61 Å². The fourth-order valence-corrected chi connectivity index (χ4v) is 5.10. The number of piperidine rings is 1. The van der Waals surface area contributed by atoms with E-state index in [1.165, 1.54) is 15.8 Å². The van der Waals surface area contributed by atoms with E-state index in [0.717, 1.165) is 81.2 Å². The highest BCUT2D eigenvalue weighted by Crippen LogP contribution is 2.24. The first-order valence-corrected chi connectivity index (χ1v) is 13.0. The van der Waals surface area contributed by atoms with Crippen molar-refractivity contribution in [2.24, 2.45) is 0 Å². The quantitative estimate of drug-likeness (QED) is 0.182. The van der Waals surface area contributed by atoms with E-state index in [2.05, 4.69) is 45.1 Å². The Morgan fingerprint density at radius 2 is 1.91 bits per heavy atom. The van der Waals surface area contributed by atoms with Crippen LogP contribution in [0.5, 0.6) is 5.75 Å². The van der Waals surface area contributed by atoms with Gasteiger partial charge in [0.2, 0.25) is 0 Å². The van der Waals surface area contributed by atoms with Gasteiger partial charge >= 0.3 is 0 Å². The lowest BCUT2D eigenvalue weighted by Crippen LogP contribution is -2.35. The van der Waals surface area contributed by atoms with Crippen LogP contribution >= 0.6 is 35.1 Å². The minimum Gasteiger partial charge on any atom is -0.494 e. The smallest absolute Gasteiger partial charge is 0.119 e. The van der Waals surface area contributed by atoms with Gasteiger partial charge in [-0.1, -0.05) is 11.6 Å². The van der Waals surface area contributed by atoms with Crippen molar-refractivity contribution in [3.05, 3.63) is 59.2 Å². The van der Waals surface area contributed by atoms with Crippen molar-refractivity contribution in [2.45, 2.75) is 42.4 Å². The van der Waals surface area contributed by atoms with Crippen molar-refractivity contribution >= 4 is 46.1 Å². The van der Waals surface area contributed by atoms with Crippen molar-refractivity contribution in [3.63, 3.8) is 0 Å². The standard InChI is InChI=1S/C25H31Cl2N3OS/c26-20-10-14-30(15-11-20)13-2-16-31-22-5-7-23(8-6-22)32-29-12-1-3-19-18-28-25-9-4-21(27)17-24(19)25/h4-9,17-18,20,28-29H,1-3,10-16H2. The molecule has 32 heavy (non-hydrogen) atoms. The summed E-state index contributed by atoms with van der Waals surface area (Å²) in [5.74, 6) is 0.937. The highest BCUT2D eigenvalue weighted by molar-refractivity contribution is 7.97. The predicted molar refractivity (Wildman–Crippen MR) is 137 cm³/mol. The topological polar surface area (TPSA) is 40.3 Å². The van der Waals surface area contributed by atoms with Gasteiger partial charge in [0.25, 0.3) is 0 Å². The number of nitrogens with one attached hydrogen (secondary N) is 2. The van der Waals surface area contributed by atoms with Crippen LogP contribution in [-0.2, 0) is 6.42 Å². The number of rotatable bonds is 11. The molecule has 1 aromatic heterocycles. The monoisotopic (exact) mass is 491 g/mol. The molecule has 4 rings (SSSR count). The van der Waals surface area contributed by atoms with Crippen LogP contribution in [0.3, 0.4) is 0 Å². The number of hydrogen-bond acceptors (Lipinski definition) is 4. The summed E-state index contributed by atoms with van der Waals surface area (Å²) >= 11 is 14.0. The number of alkyl halides is 1. The van der Waals surface area contributed by atoms with E-state index in [1.54, 1.807) is 11.9 Å². The Kier molecular flexibility index (Phi) is 9.06. The third-order valence-electron chi connectivity index (χ3n) is 5.87. The molecule has 0 spiro atoms. The third kappa shape index (κ3) is 7.06. The molecule has 0 aliphatic carbocycles. The van der Waals surface area contributed by atoms with Crippen LogP contribution in [0.1, 0.15) is 31.2 Å². The van der Waals surface area contributed by atoms with Gasteiger partial charge in [-0.15, -0.1) is 11.6 Å². The van der Waals surface area contributed by atoms with E-state index in [4.69, 9.17) is 27.9 Å². The maximum absolute atomic E-state index is 6.17. The lowest BCUT2D eigenvalue weighted by Gasteiger charge is -2.28. The summed E-state index contributed by atoms with van der Waals surface area (Å²) in [5.41, 5.74) is 2.46. The zero-order chi connectivity index (χ0) is 22.2. The molecule has 0 unspecified atom stereocenters. The fraction of sp³-hybridized carbons (Fsp3) is 0.440. The molecular weight excluding hydrogens is 461 g/mol. The number of fused-ring (bicyclic) bond motifs is 1. The number of aromatic nitrogens is 1. The largest absolute Gasteiger partial charge is 0.494 e. The van der Waals surface area contributed by atoms with Gasteiger partial charge in [-0.25, -0.2) is 0 Å². The van der Waals surface area contributed by atoms with Gasteiger partial charge in [-0.3, -0.25) is 4.72 Å². The van der Waals surface area contributed by atoms with E-state index in [9.17, 15) is 0 Å². The van der Waals surface area contributed by atoms with Gasteiger partial charge in [-0.2, -0.15) is 0 Å². The molecule has 2 heterocycles. The molecule has 1 aliphatic rings. The minimum atomic E-state index is 0.368. The van der Waals surface area contributed by atoms with E-state index in [-0.39, 0.29) is 0 Å². The van der Waals surface area contributed by atoms with Gasteiger partial charge in [0, 0.05) is 45.5 Å². The van der Waals surface area contributed by atoms with Crippen LogP contribution < -0.4 is 9.46 Å². The zero-order valence-electron chi connectivity index (χ0n) is 18.3. The molecule has 7 heteroatoms. The number of aryl methyl sites for hydroxylation is 1. The summed E-state index contributed by atoms with van der Waals surface area (Å²) in [6, 6.07) is 14.3. The summed E-state index contributed by atoms with van der Waals surface area (Å²) in [6.07, 6.45) is 7.43. The molecule has 1 saturated heterocycles.